The Labute approximate surface area is 118 Å². The molecule has 0 saturated heterocycles. The van der Waals surface area contributed by atoms with Crippen molar-refractivity contribution in [3.8, 4) is 5.75 Å². The van der Waals surface area contributed by atoms with E-state index < -0.39 is 0 Å². The lowest BCUT2D eigenvalue weighted by atomic mass is 10.0. The number of hydrogen-bond acceptors (Lipinski definition) is 3. The van der Waals surface area contributed by atoms with E-state index in [-0.39, 0.29) is 6.04 Å². The predicted octanol–water partition coefficient (Wildman–Crippen LogP) is 2.87. The van der Waals surface area contributed by atoms with Gasteiger partial charge in [0.25, 0.3) is 0 Å². The minimum absolute atomic E-state index is 0.0228. The van der Waals surface area contributed by atoms with Gasteiger partial charge in [-0.3, -0.25) is 4.68 Å². The van der Waals surface area contributed by atoms with Crippen LogP contribution in [0.5, 0.6) is 5.75 Å². The van der Waals surface area contributed by atoms with E-state index >= 15 is 0 Å². The standard InChI is InChI=1S/C14H18ClN3O/c1-4-18-12(7-8-17-18)14(16-2)11-6-5-10(15)9-13(11)19-3/h5-9,14,16H,4H2,1-3H3. The van der Waals surface area contributed by atoms with Gasteiger partial charge in [0.1, 0.15) is 5.75 Å². The highest BCUT2D eigenvalue weighted by atomic mass is 35.5. The molecular formula is C14H18ClN3O. The van der Waals surface area contributed by atoms with Gasteiger partial charge < -0.3 is 10.1 Å². The van der Waals surface area contributed by atoms with Crippen molar-refractivity contribution in [1.29, 1.82) is 0 Å². The normalized spacial score (nSPS) is 12.4. The van der Waals surface area contributed by atoms with Crippen LogP contribution in [0, 0.1) is 0 Å². The molecule has 0 aliphatic carbocycles. The first-order valence-electron chi connectivity index (χ1n) is 6.23. The zero-order valence-electron chi connectivity index (χ0n) is 11.4. The molecule has 0 aliphatic rings. The average Bonchev–Trinajstić information content (AvgIpc) is 2.89. The molecule has 2 rings (SSSR count). The van der Waals surface area contributed by atoms with E-state index in [1.807, 2.05) is 42.2 Å². The number of rotatable bonds is 5. The van der Waals surface area contributed by atoms with E-state index in [9.17, 15) is 0 Å². The monoisotopic (exact) mass is 279 g/mol. The predicted molar refractivity (Wildman–Crippen MR) is 76.8 cm³/mol. The first-order chi connectivity index (χ1) is 9.21. The molecule has 1 heterocycles. The Morgan fingerprint density at radius 3 is 2.84 bits per heavy atom. The van der Waals surface area contributed by atoms with Crippen LogP contribution in [0.25, 0.3) is 0 Å². The number of aromatic nitrogens is 2. The smallest absolute Gasteiger partial charge is 0.125 e. The summed E-state index contributed by atoms with van der Waals surface area (Å²) in [4.78, 5) is 0. The molecule has 2 aromatic rings. The van der Waals surface area contributed by atoms with E-state index in [0.29, 0.717) is 5.02 Å². The lowest BCUT2D eigenvalue weighted by Crippen LogP contribution is -2.22. The largest absolute Gasteiger partial charge is 0.496 e. The molecule has 0 aliphatic heterocycles. The molecule has 0 radical (unpaired) electrons. The third-order valence-electron chi connectivity index (χ3n) is 3.14. The van der Waals surface area contributed by atoms with Crippen molar-refractivity contribution in [3.05, 3.63) is 46.7 Å². The summed E-state index contributed by atoms with van der Waals surface area (Å²) in [7, 11) is 3.57. The Bertz CT molecular complexity index is 553. The number of methoxy groups -OCH3 is 1. The van der Waals surface area contributed by atoms with Crippen LogP contribution in [-0.2, 0) is 6.54 Å². The Kier molecular flexibility index (Phi) is 4.45. The van der Waals surface area contributed by atoms with Crippen molar-refractivity contribution < 1.29 is 4.74 Å². The van der Waals surface area contributed by atoms with Gasteiger partial charge in [0, 0.05) is 23.3 Å². The molecule has 0 amide bonds. The molecule has 0 saturated carbocycles. The number of hydrogen-bond donors (Lipinski definition) is 1. The topological polar surface area (TPSA) is 39.1 Å². The highest BCUT2D eigenvalue weighted by molar-refractivity contribution is 6.30. The molecule has 5 heteroatoms. The zero-order chi connectivity index (χ0) is 13.8. The molecule has 102 valence electrons. The van der Waals surface area contributed by atoms with Gasteiger partial charge in [-0.25, -0.2) is 0 Å². The summed E-state index contributed by atoms with van der Waals surface area (Å²) in [5.41, 5.74) is 2.15. The fourth-order valence-corrected chi connectivity index (χ4v) is 2.40. The summed E-state index contributed by atoms with van der Waals surface area (Å²) >= 11 is 6.01. The molecule has 1 aromatic heterocycles. The Hall–Kier alpha value is -1.52. The van der Waals surface area contributed by atoms with E-state index in [1.165, 1.54) is 0 Å². The van der Waals surface area contributed by atoms with Crippen LogP contribution in [0.1, 0.15) is 24.2 Å². The maximum Gasteiger partial charge on any atom is 0.125 e. The lowest BCUT2D eigenvalue weighted by molar-refractivity contribution is 0.403. The van der Waals surface area contributed by atoms with Gasteiger partial charge in [0.15, 0.2) is 0 Å². The molecule has 1 aromatic carbocycles. The van der Waals surface area contributed by atoms with Crippen LogP contribution in [0.4, 0.5) is 0 Å². The van der Waals surface area contributed by atoms with Gasteiger partial charge >= 0.3 is 0 Å². The number of halogens is 1. The Morgan fingerprint density at radius 2 is 2.21 bits per heavy atom. The van der Waals surface area contributed by atoms with Gasteiger partial charge in [-0.1, -0.05) is 17.7 Å². The zero-order valence-corrected chi connectivity index (χ0v) is 12.1. The van der Waals surface area contributed by atoms with Crippen LogP contribution in [0.2, 0.25) is 5.02 Å². The van der Waals surface area contributed by atoms with Crippen molar-refractivity contribution >= 4 is 11.6 Å². The summed E-state index contributed by atoms with van der Waals surface area (Å²) in [6.07, 6.45) is 1.81. The molecule has 0 bridgehead atoms. The minimum atomic E-state index is 0.0228. The van der Waals surface area contributed by atoms with Crippen LogP contribution in [-0.4, -0.2) is 23.9 Å². The number of nitrogens with one attached hydrogen (secondary N) is 1. The highest BCUT2D eigenvalue weighted by Crippen LogP contribution is 2.31. The second-order valence-electron chi connectivity index (χ2n) is 4.18. The molecule has 19 heavy (non-hydrogen) atoms. The first kappa shape index (κ1) is 13.9. The van der Waals surface area contributed by atoms with E-state index in [0.717, 1.165) is 23.6 Å². The Balaban J connectivity index is 2.48. The maximum absolute atomic E-state index is 6.01. The van der Waals surface area contributed by atoms with Crippen molar-refractivity contribution in [3.63, 3.8) is 0 Å². The fourth-order valence-electron chi connectivity index (χ4n) is 2.24. The minimum Gasteiger partial charge on any atom is -0.496 e. The highest BCUT2D eigenvalue weighted by Gasteiger charge is 2.20. The summed E-state index contributed by atoms with van der Waals surface area (Å²) in [6, 6.07) is 7.72. The van der Waals surface area contributed by atoms with Gasteiger partial charge in [0.05, 0.1) is 18.8 Å². The number of benzene rings is 1. The van der Waals surface area contributed by atoms with Gasteiger partial charge in [0.2, 0.25) is 0 Å². The van der Waals surface area contributed by atoms with Gasteiger partial charge in [-0.15, -0.1) is 0 Å². The van der Waals surface area contributed by atoms with Crippen LogP contribution in [0.15, 0.2) is 30.5 Å². The van der Waals surface area contributed by atoms with E-state index in [2.05, 4.69) is 17.3 Å². The van der Waals surface area contributed by atoms with Crippen molar-refractivity contribution in [2.75, 3.05) is 14.2 Å². The lowest BCUT2D eigenvalue weighted by Gasteiger charge is -2.20. The molecule has 0 fully saturated rings. The number of nitrogens with zero attached hydrogens (tertiary/aromatic N) is 2. The van der Waals surface area contributed by atoms with Crippen molar-refractivity contribution in [2.45, 2.75) is 19.5 Å². The summed E-state index contributed by atoms with van der Waals surface area (Å²) < 4.78 is 7.39. The van der Waals surface area contributed by atoms with Crippen LogP contribution < -0.4 is 10.1 Å². The average molecular weight is 280 g/mol. The molecular weight excluding hydrogens is 262 g/mol. The molecule has 1 N–H and O–H groups in total. The SMILES string of the molecule is CCn1nccc1C(NC)c1ccc(Cl)cc1OC. The fraction of sp³-hybridized carbons (Fsp3) is 0.357. The third kappa shape index (κ3) is 2.74. The maximum atomic E-state index is 6.01. The molecule has 1 unspecified atom stereocenters. The second kappa shape index (κ2) is 6.08. The van der Waals surface area contributed by atoms with Crippen molar-refractivity contribution in [1.82, 2.24) is 15.1 Å². The van der Waals surface area contributed by atoms with E-state index in [1.54, 1.807) is 7.11 Å². The summed E-state index contributed by atoms with van der Waals surface area (Å²) in [5, 5.41) is 8.28. The number of aryl methyl sites for hydroxylation is 1. The van der Waals surface area contributed by atoms with Crippen molar-refractivity contribution in [2.24, 2.45) is 0 Å². The number of ether oxygens (including phenoxy) is 1. The summed E-state index contributed by atoms with van der Waals surface area (Å²) in [5.74, 6) is 0.774. The molecule has 0 spiro atoms. The third-order valence-corrected chi connectivity index (χ3v) is 3.37. The molecule has 1 atom stereocenters. The second-order valence-corrected chi connectivity index (χ2v) is 4.62. The van der Waals surface area contributed by atoms with Crippen LogP contribution >= 0.6 is 11.6 Å². The van der Waals surface area contributed by atoms with E-state index in [4.69, 9.17) is 16.3 Å². The van der Waals surface area contributed by atoms with Gasteiger partial charge in [-0.05, 0) is 32.2 Å². The first-order valence-corrected chi connectivity index (χ1v) is 6.61. The quantitative estimate of drug-likeness (QED) is 0.915. The van der Waals surface area contributed by atoms with Crippen LogP contribution in [0.3, 0.4) is 0 Å². The Morgan fingerprint density at radius 1 is 1.42 bits per heavy atom. The van der Waals surface area contributed by atoms with Gasteiger partial charge in [-0.2, -0.15) is 5.10 Å². The molecule has 4 nitrogen and oxygen atoms in total. The summed E-state index contributed by atoms with van der Waals surface area (Å²) in [6.45, 7) is 2.90.